The summed E-state index contributed by atoms with van der Waals surface area (Å²) in [5.41, 5.74) is 1.32. The maximum absolute atomic E-state index is 4.24. The lowest BCUT2D eigenvalue weighted by Gasteiger charge is -2.21. The maximum atomic E-state index is 4.24. The lowest BCUT2D eigenvalue weighted by Crippen LogP contribution is -2.26. The quantitative estimate of drug-likeness (QED) is 0.875. The van der Waals surface area contributed by atoms with Crippen molar-refractivity contribution in [2.45, 2.75) is 32.7 Å². The van der Waals surface area contributed by atoms with Crippen LogP contribution in [0.25, 0.3) is 0 Å². The second-order valence-electron chi connectivity index (χ2n) is 5.83. The minimum absolute atomic E-state index is 0.00430. The molecule has 0 fully saturated rings. The van der Waals surface area contributed by atoms with Gasteiger partial charge in [-0.1, -0.05) is 30.3 Å². The van der Waals surface area contributed by atoms with Crippen molar-refractivity contribution in [3.05, 3.63) is 48.3 Å². The number of nitrogens with zero attached hydrogens (tertiary/aromatic N) is 2. The van der Waals surface area contributed by atoms with E-state index in [9.17, 15) is 0 Å². The molecule has 0 bridgehead atoms. The molecule has 0 unspecified atom stereocenters. The number of anilines is 2. The third-order valence-electron chi connectivity index (χ3n) is 2.73. The Morgan fingerprint density at radius 1 is 1.00 bits per heavy atom. The van der Waals surface area contributed by atoms with Crippen LogP contribution in [0.2, 0.25) is 0 Å². The van der Waals surface area contributed by atoms with Gasteiger partial charge in [-0.25, -0.2) is 9.97 Å². The Kier molecular flexibility index (Phi) is 4.56. The summed E-state index contributed by atoms with van der Waals surface area (Å²) in [6.07, 6.45) is 2.56. The molecule has 0 amide bonds. The number of nitrogens with one attached hydrogen (secondary N) is 2. The third kappa shape index (κ3) is 4.88. The summed E-state index contributed by atoms with van der Waals surface area (Å²) in [5.74, 6) is 1.69. The molecule has 0 atom stereocenters. The number of rotatable bonds is 5. The first-order chi connectivity index (χ1) is 9.53. The van der Waals surface area contributed by atoms with Crippen molar-refractivity contribution in [1.82, 2.24) is 9.97 Å². The van der Waals surface area contributed by atoms with E-state index in [4.69, 9.17) is 0 Å². The SMILES string of the molecule is CC(C)(C)Nc1cc(NCCc2ccccc2)ncn1. The standard InChI is InChI=1S/C16H22N4/c1-16(2,3)20-15-11-14(18-12-19-15)17-10-9-13-7-5-4-6-8-13/h4-8,11-12H,9-10H2,1-3H3,(H2,17,18,19,20). The normalized spacial score (nSPS) is 11.2. The van der Waals surface area contributed by atoms with E-state index in [0.29, 0.717) is 0 Å². The average Bonchev–Trinajstić information content (AvgIpc) is 2.38. The van der Waals surface area contributed by atoms with Crippen molar-refractivity contribution in [3.63, 3.8) is 0 Å². The monoisotopic (exact) mass is 270 g/mol. The van der Waals surface area contributed by atoms with Gasteiger partial charge in [-0.15, -0.1) is 0 Å². The summed E-state index contributed by atoms with van der Waals surface area (Å²) in [5, 5.41) is 6.67. The maximum Gasteiger partial charge on any atom is 0.131 e. The minimum Gasteiger partial charge on any atom is -0.370 e. The molecule has 4 heteroatoms. The lowest BCUT2D eigenvalue weighted by molar-refractivity contribution is 0.630. The van der Waals surface area contributed by atoms with E-state index >= 15 is 0 Å². The fourth-order valence-electron chi connectivity index (χ4n) is 1.89. The van der Waals surface area contributed by atoms with Gasteiger partial charge in [0.25, 0.3) is 0 Å². The predicted octanol–water partition coefficient (Wildman–Crippen LogP) is 3.34. The molecule has 0 aliphatic heterocycles. The van der Waals surface area contributed by atoms with Crippen molar-refractivity contribution in [3.8, 4) is 0 Å². The Hall–Kier alpha value is -2.10. The molecule has 1 aromatic carbocycles. The molecule has 4 nitrogen and oxygen atoms in total. The lowest BCUT2D eigenvalue weighted by atomic mass is 10.1. The Morgan fingerprint density at radius 2 is 1.70 bits per heavy atom. The molecule has 1 aromatic heterocycles. The van der Waals surface area contributed by atoms with Gasteiger partial charge < -0.3 is 10.6 Å². The Morgan fingerprint density at radius 3 is 2.40 bits per heavy atom. The minimum atomic E-state index is -0.00430. The van der Waals surface area contributed by atoms with E-state index < -0.39 is 0 Å². The number of hydrogen-bond donors (Lipinski definition) is 2. The first-order valence-corrected chi connectivity index (χ1v) is 6.91. The van der Waals surface area contributed by atoms with Crippen LogP contribution in [0.5, 0.6) is 0 Å². The average molecular weight is 270 g/mol. The summed E-state index contributed by atoms with van der Waals surface area (Å²) in [4.78, 5) is 8.47. The van der Waals surface area contributed by atoms with E-state index in [1.54, 1.807) is 6.33 Å². The number of aromatic nitrogens is 2. The van der Waals surface area contributed by atoms with Crippen LogP contribution < -0.4 is 10.6 Å². The van der Waals surface area contributed by atoms with Crippen LogP contribution in [0.4, 0.5) is 11.6 Å². The first-order valence-electron chi connectivity index (χ1n) is 6.91. The summed E-state index contributed by atoms with van der Waals surface area (Å²) in [7, 11) is 0. The largest absolute Gasteiger partial charge is 0.370 e. The third-order valence-corrected chi connectivity index (χ3v) is 2.73. The smallest absolute Gasteiger partial charge is 0.131 e. The van der Waals surface area contributed by atoms with Gasteiger partial charge >= 0.3 is 0 Å². The van der Waals surface area contributed by atoms with Crippen LogP contribution >= 0.6 is 0 Å². The molecule has 0 spiro atoms. The molecule has 2 rings (SSSR count). The molecule has 0 aliphatic rings. The van der Waals surface area contributed by atoms with E-state index in [1.807, 2.05) is 12.1 Å². The highest BCUT2D eigenvalue weighted by molar-refractivity contribution is 5.47. The molecule has 2 N–H and O–H groups in total. The Balaban J connectivity index is 1.88. The van der Waals surface area contributed by atoms with Crippen LogP contribution in [-0.4, -0.2) is 22.1 Å². The van der Waals surface area contributed by atoms with Gasteiger partial charge in [0.15, 0.2) is 0 Å². The van der Waals surface area contributed by atoms with Crippen LogP contribution in [0, 0.1) is 0 Å². The molecule has 0 aliphatic carbocycles. The zero-order chi connectivity index (χ0) is 14.4. The van der Waals surface area contributed by atoms with Gasteiger partial charge in [-0.05, 0) is 32.8 Å². The Labute approximate surface area is 120 Å². The van der Waals surface area contributed by atoms with Crippen LogP contribution in [0.3, 0.4) is 0 Å². The van der Waals surface area contributed by atoms with Gasteiger partial charge in [0, 0.05) is 18.2 Å². The molecule has 0 radical (unpaired) electrons. The van der Waals surface area contributed by atoms with Crippen LogP contribution in [-0.2, 0) is 6.42 Å². The van der Waals surface area contributed by atoms with Gasteiger partial charge in [-0.3, -0.25) is 0 Å². The van der Waals surface area contributed by atoms with Crippen LogP contribution in [0.1, 0.15) is 26.3 Å². The van der Waals surface area contributed by atoms with Gasteiger partial charge in [0.2, 0.25) is 0 Å². The molecular formula is C16H22N4. The van der Waals surface area contributed by atoms with Crippen molar-refractivity contribution in [1.29, 1.82) is 0 Å². The first kappa shape index (κ1) is 14.3. The van der Waals surface area contributed by atoms with Gasteiger partial charge in [-0.2, -0.15) is 0 Å². The highest BCUT2D eigenvalue weighted by Gasteiger charge is 2.10. The summed E-state index contributed by atoms with van der Waals surface area (Å²) < 4.78 is 0. The molecule has 0 saturated carbocycles. The van der Waals surface area contributed by atoms with E-state index in [0.717, 1.165) is 24.6 Å². The predicted molar refractivity (Wildman–Crippen MR) is 84.0 cm³/mol. The second-order valence-corrected chi connectivity index (χ2v) is 5.83. The topological polar surface area (TPSA) is 49.8 Å². The van der Waals surface area contributed by atoms with E-state index in [1.165, 1.54) is 5.56 Å². The highest BCUT2D eigenvalue weighted by atomic mass is 15.1. The van der Waals surface area contributed by atoms with Crippen molar-refractivity contribution < 1.29 is 0 Å². The van der Waals surface area contributed by atoms with Gasteiger partial charge in [0.1, 0.15) is 18.0 Å². The summed E-state index contributed by atoms with van der Waals surface area (Å²) >= 11 is 0. The number of benzene rings is 1. The van der Waals surface area contributed by atoms with Crippen molar-refractivity contribution in [2.24, 2.45) is 0 Å². The fourth-order valence-corrected chi connectivity index (χ4v) is 1.89. The molecule has 2 aromatic rings. The molecule has 20 heavy (non-hydrogen) atoms. The van der Waals surface area contributed by atoms with Gasteiger partial charge in [0.05, 0.1) is 0 Å². The molecule has 106 valence electrons. The Bertz CT molecular complexity index is 532. The van der Waals surface area contributed by atoms with Crippen LogP contribution in [0.15, 0.2) is 42.7 Å². The zero-order valence-electron chi connectivity index (χ0n) is 12.4. The second kappa shape index (κ2) is 6.37. The van der Waals surface area contributed by atoms with E-state index in [2.05, 4.69) is 65.6 Å². The summed E-state index contributed by atoms with van der Waals surface area (Å²) in [6, 6.07) is 12.4. The molecular weight excluding hydrogens is 248 g/mol. The molecule has 1 heterocycles. The van der Waals surface area contributed by atoms with Crippen molar-refractivity contribution in [2.75, 3.05) is 17.2 Å². The van der Waals surface area contributed by atoms with Crippen molar-refractivity contribution >= 4 is 11.6 Å². The fraction of sp³-hybridized carbons (Fsp3) is 0.375. The molecule has 0 saturated heterocycles. The van der Waals surface area contributed by atoms with E-state index in [-0.39, 0.29) is 5.54 Å². The highest BCUT2D eigenvalue weighted by Crippen LogP contribution is 2.14. The zero-order valence-corrected chi connectivity index (χ0v) is 12.4. The number of hydrogen-bond acceptors (Lipinski definition) is 4. The summed E-state index contributed by atoms with van der Waals surface area (Å²) in [6.45, 7) is 7.18.